The monoisotopic (exact) mass is 398 g/mol. The quantitative estimate of drug-likeness (QED) is 0.739. The van der Waals surface area contributed by atoms with E-state index >= 15 is 0 Å². The van der Waals surface area contributed by atoms with Crippen LogP contribution < -0.4 is 19.5 Å². The molecule has 156 valence electrons. The lowest BCUT2D eigenvalue weighted by atomic mass is 9.91. The van der Waals surface area contributed by atoms with Crippen molar-refractivity contribution in [2.75, 3.05) is 34.4 Å². The third-order valence-electron chi connectivity index (χ3n) is 5.47. The van der Waals surface area contributed by atoms with Gasteiger partial charge in [-0.15, -0.1) is 0 Å². The minimum absolute atomic E-state index is 0.0574. The van der Waals surface area contributed by atoms with Gasteiger partial charge in [0, 0.05) is 26.1 Å². The maximum atomic E-state index is 11.9. The highest BCUT2D eigenvalue weighted by Gasteiger charge is 2.29. The molecule has 29 heavy (non-hydrogen) atoms. The van der Waals surface area contributed by atoms with Crippen LogP contribution in [0.25, 0.3) is 0 Å². The summed E-state index contributed by atoms with van der Waals surface area (Å²) in [5.41, 5.74) is 3.63. The highest BCUT2D eigenvalue weighted by molar-refractivity contribution is 5.75. The molecule has 0 fully saturated rings. The lowest BCUT2D eigenvalue weighted by molar-refractivity contribution is -0.121. The van der Waals surface area contributed by atoms with Gasteiger partial charge in [-0.05, 0) is 47.4 Å². The molecule has 1 aliphatic rings. The summed E-state index contributed by atoms with van der Waals surface area (Å²) in [7, 11) is 4.97. The van der Waals surface area contributed by atoms with Crippen LogP contribution in [0.4, 0.5) is 0 Å². The van der Waals surface area contributed by atoms with Gasteiger partial charge in [0.25, 0.3) is 0 Å². The van der Waals surface area contributed by atoms with Crippen molar-refractivity contribution >= 4 is 5.91 Å². The number of benzene rings is 2. The highest BCUT2D eigenvalue weighted by Crippen LogP contribution is 2.38. The number of methoxy groups -OCH3 is 3. The summed E-state index contributed by atoms with van der Waals surface area (Å²) in [4.78, 5) is 14.3. The van der Waals surface area contributed by atoms with Gasteiger partial charge in [0.1, 0.15) is 5.75 Å². The first-order valence-electron chi connectivity index (χ1n) is 9.98. The maximum absolute atomic E-state index is 11.9. The van der Waals surface area contributed by atoms with Crippen molar-refractivity contribution in [1.82, 2.24) is 10.2 Å². The largest absolute Gasteiger partial charge is 0.497 e. The van der Waals surface area contributed by atoms with Crippen molar-refractivity contribution < 1.29 is 19.0 Å². The third-order valence-corrected chi connectivity index (χ3v) is 5.47. The molecule has 0 bridgehead atoms. The Labute approximate surface area is 172 Å². The lowest BCUT2D eigenvalue weighted by Gasteiger charge is -2.38. The van der Waals surface area contributed by atoms with Gasteiger partial charge in [0.15, 0.2) is 11.5 Å². The standard InChI is InChI=1S/C23H30N2O4/c1-5-23(26)24-14-20-19-13-22(29-4)21(28-3)12-17(19)10-11-25(20)15-16-6-8-18(27-2)9-7-16/h6-9,12-13,20H,5,10-11,14-15H2,1-4H3,(H,24,26). The second-order valence-electron chi connectivity index (χ2n) is 7.15. The van der Waals surface area contributed by atoms with Crippen molar-refractivity contribution in [3.05, 3.63) is 53.1 Å². The molecule has 0 spiro atoms. The molecule has 0 aromatic heterocycles. The zero-order valence-corrected chi connectivity index (χ0v) is 17.7. The van der Waals surface area contributed by atoms with Gasteiger partial charge >= 0.3 is 0 Å². The lowest BCUT2D eigenvalue weighted by Crippen LogP contribution is -2.41. The van der Waals surface area contributed by atoms with Crippen LogP contribution in [0, 0.1) is 0 Å². The van der Waals surface area contributed by atoms with E-state index in [2.05, 4.69) is 34.5 Å². The predicted octanol–water partition coefficient (Wildman–Crippen LogP) is 3.34. The number of ether oxygens (including phenoxy) is 3. The summed E-state index contributed by atoms with van der Waals surface area (Å²) in [6.07, 6.45) is 1.40. The molecule has 1 unspecified atom stereocenters. The smallest absolute Gasteiger partial charge is 0.219 e. The molecule has 1 N–H and O–H groups in total. The van der Waals surface area contributed by atoms with E-state index < -0.39 is 0 Å². The van der Waals surface area contributed by atoms with Gasteiger partial charge < -0.3 is 19.5 Å². The third kappa shape index (κ3) is 4.82. The molecule has 0 aliphatic carbocycles. The number of hydrogen-bond acceptors (Lipinski definition) is 5. The van der Waals surface area contributed by atoms with Crippen LogP contribution in [-0.4, -0.2) is 45.2 Å². The summed E-state index contributed by atoms with van der Waals surface area (Å²) in [5.74, 6) is 2.36. The van der Waals surface area contributed by atoms with E-state index in [4.69, 9.17) is 14.2 Å². The summed E-state index contributed by atoms with van der Waals surface area (Å²) in [6.45, 7) is 4.13. The summed E-state index contributed by atoms with van der Waals surface area (Å²) in [6, 6.07) is 12.3. The zero-order valence-electron chi connectivity index (χ0n) is 17.7. The minimum Gasteiger partial charge on any atom is -0.497 e. The second kappa shape index (κ2) is 9.65. The number of nitrogens with zero attached hydrogens (tertiary/aromatic N) is 1. The van der Waals surface area contributed by atoms with Crippen molar-refractivity contribution in [3.8, 4) is 17.2 Å². The molecule has 0 saturated heterocycles. The molecule has 6 nitrogen and oxygen atoms in total. The summed E-state index contributed by atoms with van der Waals surface area (Å²) in [5, 5.41) is 3.07. The molecular weight excluding hydrogens is 368 g/mol. The maximum Gasteiger partial charge on any atom is 0.219 e. The number of fused-ring (bicyclic) bond motifs is 1. The van der Waals surface area contributed by atoms with Crippen molar-refractivity contribution in [3.63, 3.8) is 0 Å². The van der Waals surface area contributed by atoms with E-state index in [0.29, 0.717) is 18.7 Å². The number of rotatable bonds is 8. The minimum atomic E-state index is 0.0574. The van der Waals surface area contributed by atoms with Crippen LogP contribution in [-0.2, 0) is 17.8 Å². The molecule has 0 radical (unpaired) electrons. The molecular formula is C23H30N2O4. The van der Waals surface area contributed by atoms with E-state index in [1.54, 1.807) is 21.3 Å². The van der Waals surface area contributed by atoms with E-state index in [1.165, 1.54) is 16.7 Å². The number of nitrogens with one attached hydrogen (secondary N) is 1. The first-order chi connectivity index (χ1) is 14.1. The SMILES string of the molecule is CCC(=O)NCC1c2cc(OC)c(OC)cc2CCN1Cc1ccc(OC)cc1. The first kappa shape index (κ1) is 21.0. The molecule has 2 aromatic carbocycles. The Kier molecular flexibility index (Phi) is 6.99. The number of hydrogen-bond donors (Lipinski definition) is 1. The van der Waals surface area contributed by atoms with Crippen LogP contribution in [0.5, 0.6) is 17.2 Å². The normalized spacial score (nSPS) is 16.1. The van der Waals surface area contributed by atoms with Crippen molar-refractivity contribution in [2.24, 2.45) is 0 Å². The fourth-order valence-electron chi connectivity index (χ4n) is 3.81. The Balaban J connectivity index is 1.90. The molecule has 1 aliphatic heterocycles. The summed E-state index contributed by atoms with van der Waals surface area (Å²) >= 11 is 0. The molecule has 1 atom stereocenters. The Morgan fingerprint density at radius 2 is 1.76 bits per heavy atom. The van der Waals surface area contributed by atoms with Crippen molar-refractivity contribution in [1.29, 1.82) is 0 Å². The number of amides is 1. The van der Waals surface area contributed by atoms with Gasteiger partial charge in [0.05, 0.1) is 27.4 Å². The second-order valence-corrected chi connectivity index (χ2v) is 7.15. The van der Waals surface area contributed by atoms with Gasteiger partial charge in [0.2, 0.25) is 5.91 Å². The first-order valence-corrected chi connectivity index (χ1v) is 9.98. The Morgan fingerprint density at radius 1 is 1.07 bits per heavy atom. The van der Waals surface area contributed by atoms with Gasteiger partial charge in [-0.25, -0.2) is 0 Å². The molecule has 2 aromatic rings. The molecule has 0 saturated carbocycles. The van der Waals surface area contributed by atoms with Crippen LogP contribution in [0.15, 0.2) is 36.4 Å². The number of carbonyl (C=O) groups is 1. The highest BCUT2D eigenvalue weighted by atomic mass is 16.5. The van der Waals surface area contributed by atoms with Crippen LogP contribution >= 0.6 is 0 Å². The van der Waals surface area contributed by atoms with Gasteiger partial charge in [-0.2, -0.15) is 0 Å². The van der Waals surface area contributed by atoms with Crippen LogP contribution in [0.1, 0.15) is 36.1 Å². The Morgan fingerprint density at radius 3 is 2.38 bits per heavy atom. The van der Waals surface area contributed by atoms with Crippen molar-refractivity contribution in [2.45, 2.75) is 32.4 Å². The molecule has 1 amide bonds. The van der Waals surface area contributed by atoms with Gasteiger partial charge in [-0.1, -0.05) is 19.1 Å². The van der Waals surface area contributed by atoms with Gasteiger partial charge in [-0.3, -0.25) is 9.69 Å². The molecule has 3 rings (SSSR count). The topological polar surface area (TPSA) is 60.0 Å². The fraction of sp³-hybridized carbons (Fsp3) is 0.435. The fourth-order valence-corrected chi connectivity index (χ4v) is 3.81. The molecule has 6 heteroatoms. The van der Waals surface area contributed by atoms with E-state index in [-0.39, 0.29) is 11.9 Å². The van der Waals surface area contributed by atoms with Crippen LogP contribution in [0.2, 0.25) is 0 Å². The van der Waals surface area contributed by atoms with E-state index in [1.807, 2.05) is 19.1 Å². The van der Waals surface area contributed by atoms with E-state index in [0.717, 1.165) is 31.0 Å². The molecule has 1 heterocycles. The van der Waals surface area contributed by atoms with E-state index in [9.17, 15) is 4.79 Å². The predicted molar refractivity (Wildman–Crippen MR) is 113 cm³/mol. The number of carbonyl (C=O) groups excluding carboxylic acids is 1. The van der Waals surface area contributed by atoms with Crippen LogP contribution in [0.3, 0.4) is 0 Å². The Bertz CT molecular complexity index is 836. The summed E-state index contributed by atoms with van der Waals surface area (Å²) < 4.78 is 16.3. The Hall–Kier alpha value is -2.73. The zero-order chi connectivity index (χ0) is 20.8. The average Bonchev–Trinajstić information content (AvgIpc) is 2.77. The average molecular weight is 399 g/mol.